The minimum atomic E-state index is 0.457. The zero-order valence-corrected chi connectivity index (χ0v) is 8.73. The molecule has 3 nitrogen and oxygen atoms in total. The zero-order chi connectivity index (χ0) is 10.9. The van der Waals surface area contributed by atoms with Gasteiger partial charge >= 0.3 is 0 Å². The Morgan fingerprint density at radius 3 is 2.80 bits per heavy atom. The number of hydrogen-bond acceptors (Lipinski definition) is 3. The van der Waals surface area contributed by atoms with E-state index in [0.717, 1.165) is 12.2 Å². The molecule has 1 aromatic carbocycles. The first-order valence-electron chi connectivity index (χ1n) is 4.67. The van der Waals surface area contributed by atoms with E-state index in [4.69, 9.17) is 11.2 Å². The maximum Gasteiger partial charge on any atom is 0.118 e. The average molecular weight is 202 g/mol. The van der Waals surface area contributed by atoms with E-state index in [0.29, 0.717) is 6.54 Å². The molecule has 3 heteroatoms. The molecule has 0 aliphatic heterocycles. The van der Waals surface area contributed by atoms with Crippen LogP contribution in [0.2, 0.25) is 0 Å². The van der Waals surface area contributed by atoms with Crippen LogP contribution in [0.4, 0.5) is 0 Å². The first kappa shape index (κ1) is 11.1. The molecule has 0 aliphatic carbocycles. The standard InChI is InChI=1S/C12H14N2O/c1-3-9-13-14-10-8-11-4-6-12(15-2)7-5-11/h1,4-7,10,13H,8-9H2,2H3/b14-10+. The van der Waals surface area contributed by atoms with E-state index < -0.39 is 0 Å². The van der Waals surface area contributed by atoms with Gasteiger partial charge in [-0.25, -0.2) is 0 Å². The van der Waals surface area contributed by atoms with Crippen molar-refractivity contribution in [1.29, 1.82) is 0 Å². The fraction of sp³-hybridized carbons (Fsp3) is 0.250. The van der Waals surface area contributed by atoms with Crippen molar-refractivity contribution in [3.05, 3.63) is 29.8 Å². The van der Waals surface area contributed by atoms with Gasteiger partial charge in [-0.2, -0.15) is 5.10 Å². The van der Waals surface area contributed by atoms with Crippen molar-refractivity contribution in [2.24, 2.45) is 5.10 Å². The Kier molecular flexibility index (Phi) is 4.82. The summed E-state index contributed by atoms with van der Waals surface area (Å²) in [7, 11) is 1.65. The van der Waals surface area contributed by atoms with E-state index in [9.17, 15) is 0 Å². The van der Waals surface area contributed by atoms with Gasteiger partial charge in [0.1, 0.15) is 5.75 Å². The van der Waals surface area contributed by atoms with E-state index >= 15 is 0 Å². The maximum absolute atomic E-state index is 5.06. The van der Waals surface area contributed by atoms with Crippen LogP contribution < -0.4 is 10.2 Å². The Morgan fingerprint density at radius 1 is 1.47 bits per heavy atom. The number of benzene rings is 1. The number of terminal acetylenes is 1. The van der Waals surface area contributed by atoms with Gasteiger partial charge in [-0.05, 0) is 17.7 Å². The summed E-state index contributed by atoms with van der Waals surface area (Å²) < 4.78 is 5.06. The van der Waals surface area contributed by atoms with Gasteiger partial charge in [-0.15, -0.1) is 6.42 Å². The molecule has 0 fully saturated rings. The zero-order valence-electron chi connectivity index (χ0n) is 8.73. The molecule has 1 aromatic rings. The molecule has 1 N–H and O–H groups in total. The summed E-state index contributed by atoms with van der Waals surface area (Å²) in [4.78, 5) is 0. The normalized spacial score (nSPS) is 9.87. The van der Waals surface area contributed by atoms with Crippen molar-refractivity contribution in [2.75, 3.05) is 13.7 Å². The van der Waals surface area contributed by atoms with Gasteiger partial charge in [0.15, 0.2) is 0 Å². The van der Waals surface area contributed by atoms with Gasteiger partial charge in [0, 0.05) is 12.6 Å². The van der Waals surface area contributed by atoms with Crippen molar-refractivity contribution in [2.45, 2.75) is 6.42 Å². The lowest BCUT2D eigenvalue weighted by Crippen LogP contribution is -2.05. The van der Waals surface area contributed by atoms with Crippen LogP contribution in [0.25, 0.3) is 0 Å². The van der Waals surface area contributed by atoms with E-state index in [-0.39, 0.29) is 0 Å². The molecule has 0 amide bonds. The fourth-order valence-corrected chi connectivity index (χ4v) is 1.07. The molecule has 0 aromatic heterocycles. The Labute approximate surface area is 90.1 Å². The summed E-state index contributed by atoms with van der Waals surface area (Å²) in [6, 6.07) is 7.87. The van der Waals surface area contributed by atoms with Gasteiger partial charge < -0.3 is 4.74 Å². The molecule has 0 saturated carbocycles. The molecular formula is C12H14N2O. The van der Waals surface area contributed by atoms with Crippen LogP contribution in [-0.4, -0.2) is 19.9 Å². The van der Waals surface area contributed by atoms with Gasteiger partial charge in [-0.3, -0.25) is 5.43 Å². The highest BCUT2D eigenvalue weighted by molar-refractivity contribution is 5.61. The fourth-order valence-electron chi connectivity index (χ4n) is 1.07. The molecule has 0 saturated heterocycles. The number of rotatable bonds is 5. The molecule has 0 aliphatic rings. The van der Waals surface area contributed by atoms with E-state index in [1.807, 2.05) is 24.3 Å². The predicted molar refractivity (Wildman–Crippen MR) is 62.0 cm³/mol. The SMILES string of the molecule is C#CCN/N=C/Cc1ccc(OC)cc1. The van der Waals surface area contributed by atoms with Crippen LogP contribution >= 0.6 is 0 Å². The van der Waals surface area contributed by atoms with Gasteiger partial charge in [0.2, 0.25) is 0 Å². The first-order valence-corrected chi connectivity index (χ1v) is 4.67. The number of hydrazone groups is 1. The number of ether oxygens (including phenoxy) is 1. The third-order valence-corrected chi connectivity index (χ3v) is 1.85. The number of methoxy groups -OCH3 is 1. The molecule has 0 unspecified atom stereocenters. The molecule has 78 valence electrons. The van der Waals surface area contributed by atoms with E-state index in [2.05, 4.69) is 16.4 Å². The highest BCUT2D eigenvalue weighted by Crippen LogP contribution is 2.10. The summed E-state index contributed by atoms with van der Waals surface area (Å²) in [6.45, 7) is 0.457. The van der Waals surface area contributed by atoms with Gasteiger partial charge in [0.25, 0.3) is 0 Å². The summed E-state index contributed by atoms with van der Waals surface area (Å²) in [6.07, 6.45) is 7.62. The Balaban J connectivity index is 2.38. The molecule has 1 rings (SSSR count). The van der Waals surface area contributed by atoms with Crippen molar-refractivity contribution in [1.82, 2.24) is 5.43 Å². The van der Waals surface area contributed by atoms with Gasteiger partial charge in [-0.1, -0.05) is 18.1 Å². The minimum Gasteiger partial charge on any atom is -0.497 e. The monoisotopic (exact) mass is 202 g/mol. The van der Waals surface area contributed by atoms with Crippen molar-refractivity contribution in [3.8, 4) is 18.1 Å². The summed E-state index contributed by atoms with van der Waals surface area (Å²) in [5.74, 6) is 3.30. The molecule has 15 heavy (non-hydrogen) atoms. The second-order valence-electron chi connectivity index (χ2n) is 2.90. The van der Waals surface area contributed by atoms with Gasteiger partial charge in [0.05, 0.1) is 13.7 Å². The molecular weight excluding hydrogens is 188 g/mol. The largest absolute Gasteiger partial charge is 0.497 e. The van der Waals surface area contributed by atoms with Crippen molar-refractivity contribution < 1.29 is 4.74 Å². The van der Waals surface area contributed by atoms with Crippen LogP contribution in [-0.2, 0) is 6.42 Å². The molecule has 0 heterocycles. The highest BCUT2D eigenvalue weighted by atomic mass is 16.5. The molecule has 0 spiro atoms. The topological polar surface area (TPSA) is 33.6 Å². The number of hydrogen-bond donors (Lipinski definition) is 1. The van der Waals surface area contributed by atoms with Crippen molar-refractivity contribution in [3.63, 3.8) is 0 Å². The summed E-state index contributed by atoms with van der Waals surface area (Å²) >= 11 is 0. The summed E-state index contributed by atoms with van der Waals surface area (Å²) in [5, 5.41) is 3.95. The molecule has 0 bridgehead atoms. The van der Waals surface area contributed by atoms with Crippen LogP contribution in [0.3, 0.4) is 0 Å². The Hall–Kier alpha value is -1.95. The lowest BCUT2D eigenvalue weighted by molar-refractivity contribution is 0.414. The van der Waals surface area contributed by atoms with Crippen LogP contribution in [0.1, 0.15) is 5.56 Å². The maximum atomic E-state index is 5.06. The van der Waals surface area contributed by atoms with E-state index in [1.54, 1.807) is 13.3 Å². The third-order valence-electron chi connectivity index (χ3n) is 1.85. The predicted octanol–water partition coefficient (Wildman–Crippen LogP) is 1.45. The van der Waals surface area contributed by atoms with Crippen LogP contribution in [0.15, 0.2) is 29.4 Å². The minimum absolute atomic E-state index is 0.457. The summed E-state index contributed by atoms with van der Waals surface area (Å²) in [5.41, 5.74) is 3.92. The first-order chi connectivity index (χ1) is 7.36. The molecule has 0 atom stereocenters. The quantitative estimate of drug-likeness (QED) is 0.339. The van der Waals surface area contributed by atoms with E-state index in [1.165, 1.54) is 5.56 Å². The number of nitrogens with one attached hydrogen (secondary N) is 1. The highest BCUT2D eigenvalue weighted by Gasteiger charge is 1.91. The third kappa shape index (κ3) is 4.19. The smallest absolute Gasteiger partial charge is 0.118 e. The number of nitrogens with zero attached hydrogens (tertiary/aromatic N) is 1. The Morgan fingerprint density at radius 2 is 2.20 bits per heavy atom. The second kappa shape index (κ2) is 6.50. The lowest BCUT2D eigenvalue weighted by atomic mass is 10.2. The van der Waals surface area contributed by atoms with Crippen LogP contribution in [0.5, 0.6) is 5.75 Å². The van der Waals surface area contributed by atoms with Crippen molar-refractivity contribution >= 4 is 6.21 Å². The molecule has 0 radical (unpaired) electrons. The van der Waals surface area contributed by atoms with Crippen LogP contribution in [0, 0.1) is 12.3 Å². The Bertz CT molecular complexity index is 349. The average Bonchev–Trinajstić information content (AvgIpc) is 2.30. The second-order valence-corrected chi connectivity index (χ2v) is 2.90. The lowest BCUT2D eigenvalue weighted by Gasteiger charge is -2.00.